The van der Waals surface area contributed by atoms with E-state index in [9.17, 15) is 0 Å². The zero-order valence-corrected chi connectivity index (χ0v) is 11.5. The van der Waals surface area contributed by atoms with E-state index >= 15 is 0 Å². The monoisotopic (exact) mass is 263 g/mol. The number of nitrogens with zero attached hydrogens (tertiary/aromatic N) is 2. The fourth-order valence-corrected chi connectivity index (χ4v) is 2.75. The van der Waals surface area contributed by atoms with Gasteiger partial charge in [0, 0.05) is 11.5 Å². The molecule has 1 saturated carbocycles. The summed E-state index contributed by atoms with van der Waals surface area (Å²) in [5, 5.41) is 4.00. The molecule has 0 saturated heterocycles. The first kappa shape index (κ1) is 11.8. The van der Waals surface area contributed by atoms with Crippen LogP contribution in [0.1, 0.15) is 36.0 Å². The van der Waals surface area contributed by atoms with Gasteiger partial charge in [0.1, 0.15) is 19.4 Å². The Labute approximate surface area is 118 Å². The van der Waals surface area contributed by atoms with Crippen LogP contribution in [0, 0.1) is 13.8 Å². The number of aryl methyl sites for hydroxylation is 2. The number of H-pyrrole nitrogens is 1. The number of benzene rings is 1. The molecular formula is C15H14BN3O. The van der Waals surface area contributed by atoms with Crippen LogP contribution in [0.25, 0.3) is 22.2 Å². The minimum absolute atomic E-state index is 0.587. The van der Waals surface area contributed by atoms with E-state index < -0.39 is 0 Å². The Morgan fingerprint density at radius 2 is 2.10 bits per heavy atom. The molecule has 1 aromatic carbocycles. The summed E-state index contributed by atoms with van der Waals surface area (Å²) in [7, 11) is 6.16. The average Bonchev–Trinajstić information content (AvgIpc) is 3.08. The van der Waals surface area contributed by atoms with Crippen molar-refractivity contribution in [2.24, 2.45) is 0 Å². The fourth-order valence-electron chi connectivity index (χ4n) is 2.75. The quantitative estimate of drug-likeness (QED) is 0.723. The highest BCUT2D eigenvalue weighted by Gasteiger charge is 2.27. The maximum absolute atomic E-state index is 6.16. The van der Waals surface area contributed by atoms with Gasteiger partial charge in [-0.1, -0.05) is 16.7 Å². The number of nitrogens with one attached hydrogen (secondary N) is 1. The van der Waals surface area contributed by atoms with Gasteiger partial charge in [-0.3, -0.25) is 0 Å². The molecule has 0 aliphatic heterocycles. The number of aromatic nitrogens is 3. The van der Waals surface area contributed by atoms with E-state index in [1.807, 2.05) is 19.9 Å². The summed E-state index contributed by atoms with van der Waals surface area (Å²) in [6, 6.07) is 4.03. The molecule has 0 amide bonds. The molecule has 1 fully saturated rings. The van der Waals surface area contributed by atoms with Gasteiger partial charge in [-0.15, -0.1) is 0 Å². The van der Waals surface area contributed by atoms with Crippen molar-refractivity contribution in [2.75, 3.05) is 0 Å². The lowest BCUT2D eigenvalue weighted by Crippen LogP contribution is -2.04. The van der Waals surface area contributed by atoms with Gasteiger partial charge in [0.15, 0.2) is 0 Å². The largest absolute Gasteiger partial charge is 0.361 e. The first-order valence-corrected chi connectivity index (χ1v) is 6.86. The molecule has 2 radical (unpaired) electrons. The van der Waals surface area contributed by atoms with E-state index in [2.05, 4.69) is 21.2 Å². The topological polar surface area (TPSA) is 54.7 Å². The first-order valence-electron chi connectivity index (χ1n) is 6.86. The average molecular weight is 263 g/mol. The summed E-state index contributed by atoms with van der Waals surface area (Å²) in [5.74, 6) is 2.45. The molecule has 0 atom stereocenters. The molecule has 2 heterocycles. The predicted molar refractivity (Wildman–Crippen MR) is 78.4 cm³/mol. The van der Waals surface area contributed by atoms with Crippen molar-refractivity contribution < 1.29 is 4.52 Å². The molecule has 1 aliphatic carbocycles. The first-order chi connectivity index (χ1) is 9.63. The Morgan fingerprint density at radius 3 is 2.75 bits per heavy atom. The van der Waals surface area contributed by atoms with Crippen LogP contribution >= 0.6 is 0 Å². The van der Waals surface area contributed by atoms with Gasteiger partial charge >= 0.3 is 0 Å². The van der Waals surface area contributed by atoms with Crippen molar-refractivity contribution in [1.29, 1.82) is 0 Å². The van der Waals surface area contributed by atoms with Crippen LogP contribution in [0.5, 0.6) is 0 Å². The number of rotatable bonds is 2. The molecule has 20 heavy (non-hydrogen) atoms. The van der Waals surface area contributed by atoms with Crippen molar-refractivity contribution in [3.8, 4) is 11.1 Å². The van der Waals surface area contributed by atoms with Gasteiger partial charge in [0.05, 0.1) is 16.7 Å². The van der Waals surface area contributed by atoms with E-state index in [0.717, 1.165) is 39.4 Å². The van der Waals surface area contributed by atoms with Gasteiger partial charge < -0.3 is 9.51 Å². The lowest BCUT2D eigenvalue weighted by atomic mass is 9.90. The second kappa shape index (κ2) is 3.98. The van der Waals surface area contributed by atoms with Crippen molar-refractivity contribution in [2.45, 2.75) is 32.6 Å². The molecule has 0 spiro atoms. The minimum Gasteiger partial charge on any atom is -0.361 e. The Balaban J connectivity index is 1.93. The van der Waals surface area contributed by atoms with Gasteiger partial charge in [0.25, 0.3) is 0 Å². The fraction of sp³-hybridized carbons (Fsp3) is 0.333. The van der Waals surface area contributed by atoms with E-state index in [1.54, 1.807) is 0 Å². The Morgan fingerprint density at radius 1 is 1.30 bits per heavy atom. The highest BCUT2D eigenvalue weighted by Crippen LogP contribution is 2.39. The molecule has 0 unspecified atom stereocenters. The van der Waals surface area contributed by atoms with Crippen LogP contribution < -0.4 is 5.46 Å². The van der Waals surface area contributed by atoms with Crippen LogP contribution in [0.3, 0.4) is 0 Å². The Hall–Kier alpha value is -2.04. The Kier molecular flexibility index (Phi) is 2.34. The van der Waals surface area contributed by atoms with Crippen LogP contribution in [0.15, 0.2) is 16.7 Å². The lowest BCUT2D eigenvalue weighted by molar-refractivity contribution is 0.393. The summed E-state index contributed by atoms with van der Waals surface area (Å²) < 4.78 is 5.24. The summed E-state index contributed by atoms with van der Waals surface area (Å²) in [5.41, 5.74) is 5.46. The smallest absolute Gasteiger partial charge is 0.141 e. The second-order valence-electron chi connectivity index (χ2n) is 5.56. The zero-order chi connectivity index (χ0) is 13.9. The number of imidazole rings is 1. The standard InChI is InChI=1S/C15H14BN3O/c1-7-13(8(2)20-19-7)10-5-11(16)14-12(6-10)17-15(18-14)9-3-4-9/h5-6,9H,3-4H2,1-2H3,(H,17,18). The van der Waals surface area contributed by atoms with Crippen LogP contribution in [-0.2, 0) is 0 Å². The molecule has 2 aromatic heterocycles. The third-order valence-electron chi connectivity index (χ3n) is 3.92. The molecule has 3 aromatic rings. The maximum atomic E-state index is 6.16. The van der Waals surface area contributed by atoms with Crippen LogP contribution in [0.2, 0.25) is 0 Å². The minimum atomic E-state index is 0.587. The van der Waals surface area contributed by atoms with Gasteiger partial charge in [-0.05, 0) is 38.3 Å². The summed E-state index contributed by atoms with van der Waals surface area (Å²) in [4.78, 5) is 8.02. The number of fused-ring (bicyclic) bond motifs is 1. The number of hydrogen-bond acceptors (Lipinski definition) is 3. The van der Waals surface area contributed by atoms with Crippen molar-refractivity contribution >= 4 is 24.3 Å². The molecule has 1 N–H and O–H groups in total. The van der Waals surface area contributed by atoms with Crippen molar-refractivity contribution in [3.63, 3.8) is 0 Å². The zero-order valence-electron chi connectivity index (χ0n) is 11.5. The van der Waals surface area contributed by atoms with Crippen molar-refractivity contribution in [1.82, 2.24) is 15.1 Å². The molecule has 98 valence electrons. The lowest BCUT2D eigenvalue weighted by Gasteiger charge is -2.03. The summed E-state index contributed by atoms with van der Waals surface area (Å²) >= 11 is 0. The van der Waals surface area contributed by atoms with Crippen molar-refractivity contribution in [3.05, 3.63) is 29.4 Å². The normalized spacial score (nSPS) is 15.1. The van der Waals surface area contributed by atoms with Gasteiger partial charge in [0.2, 0.25) is 0 Å². The highest BCUT2D eigenvalue weighted by atomic mass is 16.5. The van der Waals surface area contributed by atoms with E-state index in [1.165, 1.54) is 12.8 Å². The molecular weight excluding hydrogens is 249 g/mol. The molecule has 4 rings (SSSR count). The van der Waals surface area contributed by atoms with Gasteiger partial charge in [-0.2, -0.15) is 0 Å². The molecule has 1 aliphatic rings. The van der Waals surface area contributed by atoms with Gasteiger partial charge in [-0.25, -0.2) is 4.98 Å². The molecule has 4 nitrogen and oxygen atoms in total. The highest BCUT2D eigenvalue weighted by molar-refractivity contribution is 6.38. The number of hydrogen-bond donors (Lipinski definition) is 1. The van der Waals surface area contributed by atoms with E-state index in [4.69, 9.17) is 12.4 Å². The Bertz CT molecular complexity index is 794. The third kappa shape index (κ3) is 1.69. The summed E-state index contributed by atoms with van der Waals surface area (Å²) in [6.45, 7) is 3.85. The molecule has 5 heteroatoms. The van der Waals surface area contributed by atoms with E-state index in [-0.39, 0.29) is 0 Å². The maximum Gasteiger partial charge on any atom is 0.141 e. The number of aromatic amines is 1. The second-order valence-corrected chi connectivity index (χ2v) is 5.56. The molecule has 0 bridgehead atoms. The summed E-state index contributed by atoms with van der Waals surface area (Å²) in [6.07, 6.45) is 2.44. The SMILES string of the molecule is [B]c1cc(-c2c(C)noc2C)cc2[nH]c(C3CC3)nc12. The predicted octanol–water partition coefficient (Wildman–Crippen LogP) is 2.51. The van der Waals surface area contributed by atoms with E-state index in [0.29, 0.717) is 11.4 Å². The third-order valence-corrected chi connectivity index (χ3v) is 3.92. The van der Waals surface area contributed by atoms with Crippen LogP contribution in [-0.4, -0.2) is 23.0 Å². The van der Waals surface area contributed by atoms with Crippen LogP contribution in [0.4, 0.5) is 0 Å².